The largest absolute Gasteiger partial charge is 0.260 e. The minimum atomic E-state index is -0.879. The molecule has 1 heterocycles. The van der Waals surface area contributed by atoms with Crippen molar-refractivity contribution in [2.75, 3.05) is 0 Å². The van der Waals surface area contributed by atoms with E-state index >= 15 is 0 Å². The Hall–Kier alpha value is -0.860. The van der Waals surface area contributed by atoms with Gasteiger partial charge in [-0.15, -0.1) is 0 Å². The molecule has 2 saturated carbocycles. The molecule has 0 aliphatic heterocycles. The molecular formula is C9H11FN2. The molecule has 0 bridgehead atoms. The molecule has 3 heteroatoms. The first kappa shape index (κ1) is 6.63. The van der Waals surface area contributed by atoms with Crippen LogP contribution in [0, 0.1) is 13.8 Å². The van der Waals surface area contributed by atoms with E-state index in [1.807, 2.05) is 24.7 Å². The maximum Gasteiger partial charge on any atom is 0.141 e. The second kappa shape index (κ2) is 1.45. The van der Waals surface area contributed by atoms with Crippen LogP contribution >= 0.6 is 0 Å². The first-order valence-corrected chi connectivity index (χ1v) is 4.30. The maximum absolute atomic E-state index is 13.3. The van der Waals surface area contributed by atoms with Gasteiger partial charge in [-0.05, 0) is 19.4 Å². The van der Waals surface area contributed by atoms with Crippen molar-refractivity contribution >= 4 is 0 Å². The first-order valence-electron chi connectivity index (χ1n) is 4.30. The quantitative estimate of drug-likeness (QED) is 0.621. The van der Waals surface area contributed by atoms with Crippen molar-refractivity contribution in [3.63, 3.8) is 0 Å². The van der Waals surface area contributed by atoms with Crippen LogP contribution in [0.2, 0.25) is 0 Å². The molecule has 2 aliphatic carbocycles. The van der Waals surface area contributed by atoms with Crippen molar-refractivity contribution in [1.29, 1.82) is 0 Å². The summed E-state index contributed by atoms with van der Waals surface area (Å²) >= 11 is 0. The Morgan fingerprint density at radius 3 is 2.42 bits per heavy atom. The third-order valence-electron chi connectivity index (χ3n) is 3.39. The molecule has 1 aromatic rings. The van der Waals surface area contributed by atoms with Crippen LogP contribution in [0.15, 0.2) is 6.20 Å². The van der Waals surface area contributed by atoms with Crippen LogP contribution in [-0.4, -0.2) is 15.4 Å². The Labute approximate surface area is 70.4 Å². The maximum atomic E-state index is 13.3. The second-order valence-corrected chi connectivity index (χ2v) is 4.18. The van der Waals surface area contributed by atoms with Crippen LogP contribution in [0.25, 0.3) is 0 Å². The Kier molecular flexibility index (Phi) is 0.804. The molecule has 0 amide bonds. The molecule has 3 rings (SSSR count). The molecule has 2 fully saturated rings. The summed E-state index contributed by atoms with van der Waals surface area (Å²) < 4.78 is 15.2. The smallest absolute Gasteiger partial charge is 0.141 e. The highest BCUT2D eigenvalue weighted by molar-refractivity contribution is 5.39. The predicted octanol–water partition coefficient (Wildman–Crippen LogP) is 1.71. The lowest BCUT2D eigenvalue weighted by atomic mass is 10.3. The number of alkyl halides is 1. The third kappa shape index (κ3) is 0.490. The molecule has 2 aliphatic rings. The summed E-state index contributed by atoms with van der Waals surface area (Å²) in [6, 6.07) is 0. The standard InChI is InChI=1S/C9H11FN2/c1-6-3-11-12(7(6)2)9-4-8(9,10)5-9/h3H,4-5H2,1-2H3. The summed E-state index contributed by atoms with van der Waals surface area (Å²) in [5.74, 6) is 0. The summed E-state index contributed by atoms with van der Waals surface area (Å²) in [6.07, 6.45) is 3.19. The van der Waals surface area contributed by atoms with Gasteiger partial charge < -0.3 is 0 Å². The van der Waals surface area contributed by atoms with Crippen LogP contribution in [0.3, 0.4) is 0 Å². The molecular weight excluding hydrogens is 155 g/mol. The molecule has 0 unspecified atom stereocenters. The molecule has 0 N–H and O–H groups in total. The monoisotopic (exact) mass is 166 g/mol. The Bertz CT molecular complexity index is 361. The first-order chi connectivity index (χ1) is 5.59. The van der Waals surface area contributed by atoms with Crippen molar-refractivity contribution < 1.29 is 4.39 Å². The van der Waals surface area contributed by atoms with Gasteiger partial charge in [0, 0.05) is 18.5 Å². The fourth-order valence-electron chi connectivity index (χ4n) is 2.05. The van der Waals surface area contributed by atoms with E-state index in [2.05, 4.69) is 5.10 Å². The van der Waals surface area contributed by atoms with E-state index in [9.17, 15) is 4.39 Å². The number of nitrogens with zero attached hydrogens (tertiary/aromatic N) is 2. The molecule has 2 nitrogen and oxygen atoms in total. The highest BCUT2D eigenvalue weighted by atomic mass is 19.1. The van der Waals surface area contributed by atoms with Gasteiger partial charge in [-0.25, -0.2) is 4.39 Å². The Balaban J connectivity index is 2.09. The van der Waals surface area contributed by atoms with Gasteiger partial charge >= 0.3 is 0 Å². The number of fused-ring (bicyclic) bond motifs is 1. The average molecular weight is 166 g/mol. The highest BCUT2D eigenvalue weighted by Crippen LogP contribution is 2.78. The minimum Gasteiger partial charge on any atom is -0.260 e. The second-order valence-electron chi connectivity index (χ2n) is 4.18. The normalized spacial score (nSPS) is 42.6. The van der Waals surface area contributed by atoms with Crippen molar-refractivity contribution in [3.05, 3.63) is 17.5 Å². The highest BCUT2D eigenvalue weighted by Gasteiger charge is 2.88. The van der Waals surface area contributed by atoms with Gasteiger partial charge in [0.05, 0.1) is 6.20 Å². The number of hydrogen-bond donors (Lipinski definition) is 0. The van der Waals surface area contributed by atoms with E-state index in [0.29, 0.717) is 12.8 Å². The lowest BCUT2D eigenvalue weighted by Crippen LogP contribution is -2.10. The lowest BCUT2D eigenvalue weighted by Gasteiger charge is -2.04. The van der Waals surface area contributed by atoms with Gasteiger partial charge in [-0.1, -0.05) is 0 Å². The topological polar surface area (TPSA) is 17.8 Å². The van der Waals surface area contributed by atoms with E-state index < -0.39 is 5.67 Å². The van der Waals surface area contributed by atoms with Gasteiger partial charge in [-0.3, -0.25) is 4.68 Å². The van der Waals surface area contributed by atoms with Crippen molar-refractivity contribution in [3.8, 4) is 0 Å². The van der Waals surface area contributed by atoms with E-state index in [1.165, 1.54) is 0 Å². The summed E-state index contributed by atoms with van der Waals surface area (Å²) in [7, 11) is 0. The van der Waals surface area contributed by atoms with Gasteiger partial charge in [0.15, 0.2) is 0 Å². The van der Waals surface area contributed by atoms with Crippen LogP contribution in [0.1, 0.15) is 24.1 Å². The number of aromatic nitrogens is 2. The number of rotatable bonds is 1. The molecule has 64 valence electrons. The van der Waals surface area contributed by atoms with Crippen LogP contribution in [-0.2, 0) is 5.54 Å². The zero-order chi connectivity index (χ0) is 8.56. The van der Waals surface area contributed by atoms with E-state index in [4.69, 9.17) is 0 Å². The van der Waals surface area contributed by atoms with Gasteiger partial charge in [0.2, 0.25) is 0 Å². The van der Waals surface area contributed by atoms with E-state index in [0.717, 1.165) is 11.3 Å². The molecule has 0 radical (unpaired) electrons. The fraction of sp³-hybridized carbons (Fsp3) is 0.667. The Morgan fingerprint density at radius 1 is 1.50 bits per heavy atom. The molecule has 0 saturated heterocycles. The molecule has 0 aromatic carbocycles. The third-order valence-corrected chi connectivity index (χ3v) is 3.39. The van der Waals surface area contributed by atoms with Crippen molar-refractivity contribution in [2.45, 2.75) is 37.9 Å². The van der Waals surface area contributed by atoms with E-state index in [-0.39, 0.29) is 5.54 Å². The van der Waals surface area contributed by atoms with Gasteiger partial charge in [0.1, 0.15) is 11.2 Å². The van der Waals surface area contributed by atoms with Crippen LogP contribution < -0.4 is 0 Å². The van der Waals surface area contributed by atoms with Crippen molar-refractivity contribution in [1.82, 2.24) is 9.78 Å². The summed E-state index contributed by atoms with van der Waals surface area (Å²) in [5.41, 5.74) is 1.19. The lowest BCUT2D eigenvalue weighted by molar-refractivity contribution is 0.389. The van der Waals surface area contributed by atoms with E-state index in [1.54, 1.807) is 0 Å². The summed E-state index contributed by atoms with van der Waals surface area (Å²) in [4.78, 5) is 0. The molecule has 0 atom stereocenters. The average Bonchev–Trinajstić information content (AvgIpc) is 2.67. The number of aryl methyl sites for hydroxylation is 1. The molecule has 0 spiro atoms. The summed E-state index contributed by atoms with van der Waals surface area (Å²) in [6.45, 7) is 4.02. The Morgan fingerprint density at radius 2 is 2.08 bits per heavy atom. The zero-order valence-corrected chi connectivity index (χ0v) is 7.26. The van der Waals surface area contributed by atoms with Crippen LogP contribution in [0.5, 0.6) is 0 Å². The van der Waals surface area contributed by atoms with Gasteiger partial charge in [-0.2, -0.15) is 5.10 Å². The number of halogens is 1. The van der Waals surface area contributed by atoms with Gasteiger partial charge in [0.25, 0.3) is 0 Å². The summed E-state index contributed by atoms with van der Waals surface area (Å²) in [5, 5.41) is 4.21. The van der Waals surface area contributed by atoms with Crippen molar-refractivity contribution in [2.24, 2.45) is 0 Å². The fourth-order valence-corrected chi connectivity index (χ4v) is 2.05. The predicted molar refractivity (Wildman–Crippen MR) is 42.7 cm³/mol. The molecule has 1 aromatic heterocycles. The van der Waals surface area contributed by atoms with Crippen LogP contribution in [0.4, 0.5) is 4.39 Å². The zero-order valence-electron chi connectivity index (χ0n) is 7.26. The number of hydrogen-bond acceptors (Lipinski definition) is 1. The SMILES string of the molecule is Cc1cnn(C23CC2(F)C3)c1C. The minimum absolute atomic E-state index is 0.203. The molecule has 12 heavy (non-hydrogen) atoms.